The molecule has 0 radical (unpaired) electrons. The summed E-state index contributed by atoms with van der Waals surface area (Å²) in [5.74, 6) is 1.06. The molecule has 7 nitrogen and oxygen atoms in total. The van der Waals surface area contributed by atoms with Crippen LogP contribution in [0.25, 0.3) is 15.5 Å². The molecule has 2 heterocycles. The quantitative estimate of drug-likeness (QED) is 0.584. The highest BCUT2D eigenvalue weighted by Crippen LogP contribution is 2.32. The number of fused-ring (bicyclic) bond motifs is 1. The highest BCUT2D eigenvalue weighted by Gasteiger charge is 2.18. The van der Waals surface area contributed by atoms with E-state index in [1.54, 1.807) is 17.7 Å². The number of aryl methyl sites for hydroxylation is 2. The molecular weight excluding hydrogens is 362 g/mol. The number of hydrogen-bond acceptors (Lipinski definition) is 6. The van der Waals surface area contributed by atoms with Gasteiger partial charge in [0.1, 0.15) is 10.8 Å². The number of rotatable bonds is 4. The van der Waals surface area contributed by atoms with Gasteiger partial charge in [-0.1, -0.05) is 35.6 Å². The Morgan fingerprint density at radius 2 is 1.93 bits per heavy atom. The van der Waals surface area contributed by atoms with E-state index in [-0.39, 0.29) is 5.91 Å². The third-order valence-corrected chi connectivity index (χ3v) is 5.15. The minimum absolute atomic E-state index is 0.234. The maximum absolute atomic E-state index is 12.9. The van der Waals surface area contributed by atoms with Crippen LogP contribution in [-0.2, 0) is 0 Å². The molecule has 0 fully saturated rings. The fourth-order valence-corrected chi connectivity index (χ4v) is 3.82. The van der Waals surface area contributed by atoms with Crippen molar-refractivity contribution >= 4 is 27.9 Å². The Kier molecular flexibility index (Phi) is 4.33. The summed E-state index contributed by atoms with van der Waals surface area (Å²) in [5, 5.41) is 16.4. The van der Waals surface area contributed by atoms with Crippen molar-refractivity contribution in [1.29, 1.82) is 0 Å². The normalized spacial score (nSPS) is 10.9. The number of para-hydroxylation sites is 2. The molecule has 8 heteroatoms. The number of ether oxygens (including phenoxy) is 1. The van der Waals surface area contributed by atoms with E-state index in [0.717, 1.165) is 22.0 Å². The summed E-state index contributed by atoms with van der Waals surface area (Å²) in [4.78, 5) is 13.6. The molecular formula is C19H17N5O2S. The number of methoxy groups -OCH3 is 1. The topological polar surface area (TPSA) is 81.4 Å². The molecule has 0 aliphatic carbocycles. The van der Waals surface area contributed by atoms with E-state index < -0.39 is 0 Å². The van der Waals surface area contributed by atoms with Crippen molar-refractivity contribution in [2.75, 3.05) is 12.4 Å². The van der Waals surface area contributed by atoms with Gasteiger partial charge >= 0.3 is 0 Å². The predicted octanol–water partition coefficient (Wildman–Crippen LogP) is 3.73. The van der Waals surface area contributed by atoms with E-state index in [9.17, 15) is 4.79 Å². The van der Waals surface area contributed by atoms with Crippen molar-refractivity contribution in [1.82, 2.24) is 19.8 Å². The molecule has 0 unspecified atom stereocenters. The standard InChI is InChI=1S/C19H17N5O2S/c1-11-7-6-9-14(16(11)26-3)17(25)20-15-10-5-4-8-13(15)18-23-24-12(2)21-22-19(24)27-18/h4-10H,1-3H3,(H,20,25). The Morgan fingerprint density at radius 1 is 1.11 bits per heavy atom. The number of amides is 1. The van der Waals surface area contributed by atoms with E-state index >= 15 is 0 Å². The lowest BCUT2D eigenvalue weighted by Gasteiger charge is -2.13. The summed E-state index contributed by atoms with van der Waals surface area (Å²) in [7, 11) is 1.56. The van der Waals surface area contributed by atoms with E-state index in [4.69, 9.17) is 4.74 Å². The highest BCUT2D eigenvalue weighted by molar-refractivity contribution is 7.19. The van der Waals surface area contributed by atoms with Gasteiger partial charge in [0.25, 0.3) is 5.91 Å². The second-order valence-corrected chi connectivity index (χ2v) is 6.96. The van der Waals surface area contributed by atoms with Gasteiger partial charge in [-0.3, -0.25) is 4.79 Å². The summed E-state index contributed by atoms with van der Waals surface area (Å²) in [6.07, 6.45) is 0. The molecule has 4 aromatic rings. The summed E-state index contributed by atoms with van der Waals surface area (Å²) in [5.41, 5.74) is 2.89. The van der Waals surface area contributed by atoms with Gasteiger partial charge < -0.3 is 10.1 Å². The first-order valence-corrected chi connectivity index (χ1v) is 9.13. The van der Waals surface area contributed by atoms with Gasteiger partial charge in [0, 0.05) is 5.56 Å². The van der Waals surface area contributed by atoms with Crippen LogP contribution in [0, 0.1) is 13.8 Å². The Bertz CT molecular complexity index is 1150. The average Bonchev–Trinajstić information content (AvgIpc) is 3.24. The first-order valence-electron chi connectivity index (χ1n) is 8.31. The summed E-state index contributed by atoms with van der Waals surface area (Å²) < 4.78 is 7.10. The van der Waals surface area contributed by atoms with Crippen LogP contribution in [0.4, 0.5) is 5.69 Å². The van der Waals surface area contributed by atoms with Crippen LogP contribution in [-0.4, -0.2) is 32.8 Å². The SMILES string of the molecule is COc1c(C)cccc1C(=O)Nc1ccccc1-c1nn2c(C)nnc2s1. The van der Waals surface area contributed by atoms with Crippen molar-refractivity contribution in [3.05, 3.63) is 59.4 Å². The Hall–Kier alpha value is -3.26. The fourth-order valence-electron chi connectivity index (χ4n) is 2.89. The number of carbonyl (C=O) groups is 1. The second kappa shape index (κ2) is 6.81. The Labute approximate surface area is 159 Å². The third kappa shape index (κ3) is 3.04. The largest absolute Gasteiger partial charge is 0.496 e. The number of carbonyl (C=O) groups excluding carboxylic acids is 1. The number of nitrogens with zero attached hydrogens (tertiary/aromatic N) is 4. The zero-order chi connectivity index (χ0) is 19.0. The Morgan fingerprint density at radius 3 is 2.70 bits per heavy atom. The molecule has 136 valence electrons. The average molecular weight is 379 g/mol. The zero-order valence-corrected chi connectivity index (χ0v) is 15.9. The van der Waals surface area contributed by atoms with Crippen molar-refractivity contribution in [2.24, 2.45) is 0 Å². The number of anilines is 1. The fraction of sp³-hybridized carbons (Fsp3) is 0.158. The van der Waals surface area contributed by atoms with Gasteiger partial charge in [-0.2, -0.15) is 9.61 Å². The predicted molar refractivity (Wildman–Crippen MR) is 105 cm³/mol. The lowest BCUT2D eigenvalue weighted by molar-refractivity contribution is 0.102. The first kappa shape index (κ1) is 17.2. The molecule has 0 spiro atoms. The number of hydrogen-bond donors (Lipinski definition) is 1. The molecule has 0 aliphatic rings. The number of benzene rings is 2. The zero-order valence-electron chi connectivity index (χ0n) is 15.1. The smallest absolute Gasteiger partial charge is 0.259 e. The van der Waals surface area contributed by atoms with E-state index in [0.29, 0.717) is 22.0 Å². The van der Waals surface area contributed by atoms with Crippen LogP contribution in [0.3, 0.4) is 0 Å². The first-order chi connectivity index (χ1) is 13.1. The number of nitrogens with one attached hydrogen (secondary N) is 1. The molecule has 2 aromatic carbocycles. The minimum Gasteiger partial charge on any atom is -0.496 e. The van der Waals surface area contributed by atoms with Crippen molar-refractivity contribution in [2.45, 2.75) is 13.8 Å². The van der Waals surface area contributed by atoms with Crippen LogP contribution in [0.5, 0.6) is 5.75 Å². The van der Waals surface area contributed by atoms with E-state index in [1.165, 1.54) is 11.3 Å². The van der Waals surface area contributed by atoms with Gasteiger partial charge in [-0.15, -0.1) is 10.2 Å². The maximum Gasteiger partial charge on any atom is 0.259 e. The molecule has 0 saturated carbocycles. The highest BCUT2D eigenvalue weighted by atomic mass is 32.1. The van der Waals surface area contributed by atoms with Gasteiger partial charge in [0.2, 0.25) is 4.96 Å². The minimum atomic E-state index is -0.234. The van der Waals surface area contributed by atoms with Crippen LogP contribution < -0.4 is 10.1 Å². The van der Waals surface area contributed by atoms with E-state index in [1.807, 2.05) is 50.2 Å². The molecule has 0 saturated heterocycles. The summed E-state index contributed by atoms with van der Waals surface area (Å²) in [6.45, 7) is 3.76. The van der Waals surface area contributed by atoms with Crippen molar-refractivity contribution in [3.63, 3.8) is 0 Å². The van der Waals surface area contributed by atoms with Gasteiger partial charge in [0.15, 0.2) is 5.82 Å². The van der Waals surface area contributed by atoms with Gasteiger partial charge in [0.05, 0.1) is 18.4 Å². The molecule has 1 N–H and O–H groups in total. The molecule has 4 rings (SSSR count). The van der Waals surface area contributed by atoms with Gasteiger partial charge in [-0.25, -0.2) is 0 Å². The molecule has 0 atom stereocenters. The van der Waals surface area contributed by atoms with Crippen molar-refractivity contribution < 1.29 is 9.53 Å². The molecule has 0 bridgehead atoms. The molecule has 1 amide bonds. The molecule has 2 aromatic heterocycles. The maximum atomic E-state index is 12.9. The van der Waals surface area contributed by atoms with Crippen LogP contribution in [0.2, 0.25) is 0 Å². The van der Waals surface area contributed by atoms with Crippen LogP contribution in [0.15, 0.2) is 42.5 Å². The number of aromatic nitrogens is 4. The Balaban J connectivity index is 1.71. The van der Waals surface area contributed by atoms with E-state index in [2.05, 4.69) is 20.6 Å². The lowest BCUT2D eigenvalue weighted by Crippen LogP contribution is -2.14. The van der Waals surface area contributed by atoms with Crippen LogP contribution in [0.1, 0.15) is 21.7 Å². The lowest BCUT2D eigenvalue weighted by atomic mass is 10.1. The van der Waals surface area contributed by atoms with Crippen LogP contribution >= 0.6 is 11.3 Å². The molecule has 27 heavy (non-hydrogen) atoms. The second-order valence-electron chi connectivity index (χ2n) is 6.00. The third-order valence-electron chi connectivity index (χ3n) is 4.21. The monoisotopic (exact) mass is 379 g/mol. The summed E-state index contributed by atoms with van der Waals surface area (Å²) in [6, 6.07) is 13.0. The van der Waals surface area contributed by atoms with Gasteiger partial charge in [-0.05, 0) is 37.6 Å². The summed E-state index contributed by atoms with van der Waals surface area (Å²) >= 11 is 1.42. The molecule has 0 aliphatic heterocycles. The van der Waals surface area contributed by atoms with Crippen molar-refractivity contribution in [3.8, 4) is 16.3 Å².